The summed E-state index contributed by atoms with van der Waals surface area (Å²) in [5.74, 6) is -0.125. The van der Waals surface area contributed by atoms with Gasteiger partial charge in [0.1, 0.15) is 6.04 Å². The number of likely N-dealkylation sites (N-methyl/N-ethyl adjacent to an activating group) is 1. The maximum absolute atomic E-state index is 12.5. The van der Waals surface area contributed by atoms with E-state index in [1.807, 2.05) is 31.2 Å². The van der Waals surface area contributed by atoms with Crippen molar-refractivity contribution < 1.29 is 9.90 Å². The maximum atomic E-state index is 12.5. The van der Waals surface area contributed by atoms with Gasteiger partial charge in [-0.15, -0.1) is 0 Å². The first-order valence-corrected chi connectivity index (χ1v) is 7.27. The molecule has 1 saturated carbocycles. The first kappa shape index (κ1) is 15.0. The van der Waals surface area contributed by atoms with Gasteiger partial charge in [0.2, 0.25) is 5.91 Å². The van der Waals surface area contributed by atoms with Gasteiger partial charge in [0, 0.05) is 7.05 Å². The number of rotatable bonds is 3. The first-order valence-electron chi connectivity index (χ1n) is 7.27. The van der Waals surface area contributed by atoms with Gasteiger partial charge in [-0.1, -0.05) is 42.7 Å². The number of nitrogens with two attached hydrogens (primary N) is 1. The van der Waals surface area contributed by atoms with Crippen molar-refractivity contribution in [1.82, 2.24) is 4.90 Å². The lowest BCUT2D eigenvalue weighted by molar-refractivity contribution is -0.136. The number of hydrogen-bond donors (Lipinski definition) is 2. The fraction of sp³-hybridized carbons (Fsp3) is 0.562. The van der Waals surface area contributed by atoms with Crippen LogP contribution >= 0.6 is 0 Å². The Kier molecular flexibility index (Phi) is 4.78. The molecule has 0 radical (unpaired) electrons. The van der Waals surface area contributed by atoms with Crippen molar-refractivity contribution in [3.8, 4) is 0 Å². The molecule has 0 saturated heterocycles. The molecule has 1 aliphatic rings. The smallest absolute Gasteiger partial charge is 0.244 e. The monoisotopic (exact) mass is 276 g/mol. The van der Waals surface area contributed by atoms with Crippen LogP contribution in [0.1, 0.15) is 42.9 Å². The van der Waals surface area contributed by atoms with Gasteiger partial charge in [-0.25, -0.2) is 0 Å². The van der Waals surface area contributed by atoms with Crippen LogP contribution < -0.4 is 5.73 Å². The van der Waals surface area contributed by atoms with Gasteiger partial charge in [0.05, 0.1) is 12.1 Å². The SMILES string of the molecule is Cc1ccc(C(N)C(=O)N(C)C2CCCCC2O)cc1. The van der Waals surface area contributed by atoms with Crippen molar-refractivity contribution in [2.24, 2.45) is 5.73 Å². The van der Waals surface area contributed by atoms with Crippen LogP contribution in [0.5, 0.6) is 0 Å². The zero-order chi connectivity index (χ0) is 14.7. The number of aliphatic hydroxyl groups excluding tert-OH is 1. The van der Waals surface area contributed by atoms with Gasteiger partial charge in [-0.2, -0.15) is 0 Å². The molecule has 0 bridgehead atoms. The summed E-state index contributed by atoms with van der Waals surface area (Å²) in [6, 6.07) is 6.93. The summed E-state index contributed by atoms with van der Waals surface area (Å²) < 4.78 is 0. The molecular weight excluding hydrogens is 252 g/mol. The molecule has 3 atom stereocenters. The molecule has 3 unspecified atom stereocenters. The van der Waals surface area contributed by atoms with E-state index in [0.29, 0.717) is 0 Å². The van der Waals surface area contributed by atoms with Gasteiger partial charge in [-0.3, -0.25) is 4.79 Å². The zero-order valence-corrected chi connectivity index (χ0v) is 12.2. The molecule has 4 nitrogen and oxygen atoms in total. The summed E-state index contributed by atoms with van der Waals surface area (Å²) in [4.78, 5) is 14.1. The van der Waals surface area contributed by atoms with E-state index in [-0.39, 0.29) is 11.9 Å². The van der Waals surface area contributed by atoms with E-state index in [0.717, 1.165) is 36.8 Å². The minimum Gasteiger partial charge on any atom is -0.391 e. The van der Waals surface area contributed by atoms with Crippen LogP contribution in [0.25, 0.3) is 0 Å². The Morgan fingerprint density at radius 1 is 1.30 bits per heavy atom. The van der Waals surface area contributed by atoms with E-state index in [4.69, 9.17) is 5.73 Å². The maximum Gasteiger partial charge on any atom is 0.244 e. The van der Waals surface area contributed by atoms with Crippen LogP contribution in [-0.2, 0) is 4.79 Å². The van der Waals surface area contributed by atoms with Gasteiger partial charge in [0.15, 0.2) is 0 Å². The average Bonchev–Trinajstić information content (AvgIpc) is 2.46. The lowest BCUT2D eigenvalue weighted by Crippen LogP contribution is -2.49. The molecule has 2 rings (SSSR count). The van der Waals surface area contributed by atoms with Crippen LogP contribution in [0.15, 0.2) is 24.3 Å². The quantitative estimate of drug-likeness (QED) is 0.884. The lowest BCUT2D eigenvalue weighted by Gasteiger charge is -2.36. The van der Waals surface area contributed by atoms with E-state index in [2.05, 4.69) is 0 Å². The molecule has 1 aliphatic carbocycles. The largest absolute Gasteiger partial charge is 0.391 e. The average molecular weight is 276 g/mol. The summed E-state index contributed by atoms with van der Waals surface area (Å²) in [6.45, 7) is 2.00. The lowest BCUT2D eigenvalue weighted by atomic mass is 9.91. The van der Waals surface area contributed by atoms with Crippen molar-refractivity contribution in [2.45, 2.75) is 50.8 Å². The van der Waals surface area contributed by atoms with Crippen molar-refractivity contribution in [3.05, 3.63) is 35.4 Å². The van der Waals surface area contributed by atoms with Crippen molar-refractivity contribution in [2.75, 3.05) is 7.05 Å². The third kappa shape index (κ3) is 3.19. The van der Waals surface area contributed by atoms with E-state index in [1.54, 1.807) is 11.9 Å². The molecule has 20 heavy (non-hydrogen) atoms. The molecule has 0 spiro atoms. The van der Waals surface area contributed by atoms with Crippen molar-refractivity contribution >= 4 is 5.91 Å². The fourth-order valence-corrected chi connectivity index (χ4v) is 2.84. The van der Waals surface area contributed by atoms with Gasteiger partial charge in [0.25, 0.3) is 0 Å². The van der Waals surface area contributed by atoms with Gasteiger partial charge >= 0.3 is 0 Å². The summed E-state index contributed by atoms with van der Waals surface area (Å²) in [7, 11) is 1.75. The Labute approximate surface area is 120 Å². The molecule has 1 aromatic carbocycles. The number of benzene rings is 1. The highest BCUT2D eigenvalue weighted by atomic mass is 16.3. The van der Waals surface area contributed by atoms with Crippen LogP contribution in [0.2, 0.25) is 0 Å². The molecule has 0 aliphatic heterocycles. The third-order valence-electron chi connectivity index (χ3n) is 4.24. The highest BCUT2D eigenvalue weighted by Crippen LogP contribution is 2.24. The van der Waals surface area contributed by atoms with Crippen LogP contribution in [0.4, 0.5) is 0 Å². The van der Waals surface area contributed by atoms with Crippen molar-refractivity contribution in [3.63, 3.8) is 0 Å². The minimum atomic E-state index is -0.658. The predicted octanol–water partition coefficient (Wildman–Crippen LogP) is 1.76. The zero-order valence-electron chi connectivity index (χ0n) is 12.2. The second-order valence-electron chi connectivity index (χ2n) is 5.76. The molecule has 3 N–H and O–H groups in total. The van der Waals surface area contributed by atoms with E-state index >= 15 is 0 Å². The topological polar surface area (TPSA) is 66.6 Å². The second kappa shape index (κ2) is 6.37. The van der Waals surface area contributed by atoms with Crippen LogP contribution in [0, 0.1) is 6.92 Å². The summed E-state index contributed by atoms with van der Waals surface area (Å²) in [6.07, 6.45) is 3.28. The van der Waals surface area contributed by atoms with Crippen molar-refractivity contribution in [1.29, 1.82) is 0 Å². The Balaban J connectivity index is 2.07. The Morgan fingerprint density at radius 3 is 2.50 bits per heavy atom. The number of aryl methyl sites for hydroxylation is 1. The number of nitrogens with zero attached hydrogens (tertiary/aromatic N) is 1. The molecule has 0 aromatic heterocycles. The predicted molar refractivity (Wildman–Crippen MR) is 79.1 cm³/mol. The normalized spacial score (nSPS) is 24.2. The van der Waals surface area contributed by atoms with Crippen LogP contribution in [-0.4, -0.2) is 35.1 Å². The number of aliphatic hydroxyl groups is 1. The highest BCUT2D eigenvalue weighted by Gasteiger charge is 2.31. The molecule has 4 heteroatoms. The second-order valence-corrected chi connectivity index (χ2v) is 5.76. The number of amides is 1. The number of carbonyl (C=O) groups is 1. The van der Waals surface area contributed by atoms with Crippen LogP contribution in [0.3, 0.4) is 0 Å². The van der Waals surface area contributed by atoms with Gasteiger partial charge < -0.3 is 15.7 Å². The first-order chi connectivity index (χ1) is 9.50. The number of carbonyl (C=O) groups excluding carboxylic acids is 1. The number of hydrogen-bond acceptors (Lipinski definition) is 3. The summed E-state index contributed by atoms with van der Waals surface area (Å²) in [5.41, 5.74) is 8.03. The molecule has 0 heterocycles. The molecule has 1 amide bonds. The minimum absolute atomic E-state index is 0.104. The molecule has 110 valence electrons. The molecular formula is C16H24N2O2. The molecule has 1 fully saturated rings. The fourth-order valence-electron chi connectivity index (χ4n) is 2.84. The summed E-state index contributed by atoms with van der Waals surface area (Å²) in [5, 5.41) is 10.0. The van der Waals surface area contributed by atoms with Gasteiger partial charge in [-0.05, 0) is 25.3 Å². The Morgan fingerprint density at radius 2 is 1.90 bits per heavy atom. The highest BCUT2D eigenvalue weighted by molar-refractivity contribution is 5.83. The Bertz CT molecular complexity index is 458. The van der Waals surface area contributed by atoms with E-state index < -0.39 is 12.1 Å². The van der Waals surface area contributed by atoms with E-state index in [9.17, 15) is 9.90 Å². The summed E-state index contributed by atoms with van der Waals surface area (Å²) >= 11 is 0. The standard InChI is InChI=1S/C16H24N2O2/c1-11-7-9-12(10-8-11)15(17)16(20)18(2)13-5-3-4-6-14(13)19/h7-10,13-15,19H,3-6,17H2,1-2H3. The molecule has 1 aromatic rings. The van der Waals surface area contributed by atoms with E-state index in [1.165, 1.54) is 0 Å². The third-order valence-corrected chi connectivity index (χ3v) is 4.24. The Hall–Kier alpha value is -1.39.